The number of esters is 1. The molecule has 0 saturated carbocycles. The summed E-state index contributed by atoms with van der Waals surface area (Å²) < 4.78 is 6.46. The zero-order chi connectivity index (χ0) is 21.8. The fraction of sp³-hybridized carbons (Fsp3) is 0.0769. The molecule has 3 aromatic carbocycles. The van der Waals surface area contributed by atoms with Crippen LogP contribution < -0.4 is 34.7 Å². The van der Waals surface area contributed by atoms with Gasteiger partial charge < -0.3 is 9.84 Å². The minimum Gasteiger partial charge on any atom is -0.858 e. The van der Waals surface area contributed by atoms with Crippen molar-refractivity contribution in [2.75, 3.05) is 7.11 Å². The number of ether oxygens (including phenoxy) is 1. The Balaban J connectivity index is 0.00000289. The van der Waals surface area contributed by atoms with Crippen LogP contribution in [-0.2, 0) is 9.53 Å². The van der Waals surface area contributed by atoms with Crippen LogP contribution in [0.25, 0.3) is 16.8 Å². The number of rotatable bonds is 5. The van der Waals surface area contributed by atoms with Crippen LogP contribution in [-0.4, -0.2) is 22.9 Å². The van der Waals surface area contributed by atoms with Crippen molar-refractivity contribution < 1.29 is 44.2 Å². The van der Waals surface area contributed by atoms with Crippen LogP contribution in [0.15, 0.2) is 91.0 Å². The van der Waals surface area contributed by atoms with Gasteiger partial charge in [-0.1, -0.05) is 78.9 Å². The molecule has 4 rings (SSSR count). The van der Waals surface area contributed by atoms with Gasteiger partial charge in [-0.2, -0.15) is 5.10 Å². The third kappa shape index (κ3) is 4.55. The molecule has 0 unspecified atom stereocenters. The molecule has 0 atom stereocenters. The number of para-hydroxylation sites is 1. The number of hydrogen-bond acceptors (Lipinski definition) is 4. The van der Waals surface area contributed by atoms with Crippen molar-refractivity contribution in [2.24, 2.45) is 0 Å². The summed E-state index contributed by atoms with van der Waals surface area (Å²) in [6, 6.07) is 28.2. The molecule has 0 radical (unpaired) electrons. The van der Waals surface area contributed by atoms with Gasteiger partial charge in [-0.25, -0.2) is 9.48 Å². The Bertz CT molecular complexity index is 1190. The molecular weight excluding hydrogens is 411 g/mol. The van der Waals surface area contributed by atoms with E-state index in [0.29, 0.717) is 17.0 Å². The van der Waals surface area contributed by atoms with Crippen molar-refractivity contribution in [1.82, 2.24) is 9.78 Å². The van der Waals surface area contributed by atoms with Crippen molar-refractivity contribution in [1.29, 1.82) is 0 Å². The maximum atomic E-state index is 13.5. The average molecular weight is 432 g/mol. The Labute approximate surface area is 209 Å². The van der Waals surface area contributed by atoms with E-state index in [-0.39, 0.29) is 46.6 Å². The smallest absolute Gasteiger partial charge is 0.858 e. The molecule has 0 spiro atoms. The quantitative estimate of drug-likeness (QED) is 0.272. The first-order chi connectivity index (χ1) is 15.1. The van der Waals surface area contributed by atoms with Crippen molar-refractivity contribution >= 4 is 17.1 Å². The summed E-state index contributed by atoms with van der Waals surface area (Å²) in [6.45, 7) is 1.73. The SMILES string of the molecule is COC(=O)C(=C(c1ccccc1)c1ccccc1)c1c(C)nn(-c2ccccc2)c1[O-].[Na+]. The molecule has 5 nitrogen and oxygen atoms in total. The molecule has 6 heteroatoms. The maximum absolute atomic E-state index is 13.5. The van der Waals surface area contributed by atoms with E-state index in [1.807, 2.05) is 78.9 Å². The summed E-state index contributed by atoms with van der Waals surface area (Å²) in [4.78, 5) is 13.1. The molecule has 0 saturated heterocycles. The number of hydrogen-bond donors (Lipinski definition) is 0. The summed E-state index contributed by atoms with van der Waals surface area (Å²) in [5.41, 5.74) is 3.76. The van der Waals surface area contributed by atoms with Gasteiger partial charge in [0.15, 0.2) is 0 Å². The molecular formula is C26H21N2NaO3. The second-order valence-corrected chi connectivity index (χ2v) is 6.99. The van der Waals surface area contributed by atoms with E-state index in [2.05, 4.69) is 5.10 Å². The van der Waals surface area contributed by atoms with E-state index in [9.17, 15) is 9.90 Å². The third-order valence-corrected chi connectivity index (χ3v) is 5.03. The van der Waals surface area contributed by atoms with Crippen LogP contribution in [0.5, 0.6) is 5.88 Å². The molecule has 4 aromatic rings. The summed E-state index contributed by atoms with van der Waals surface area (Å²) in [5, 5.41) is 17.9. The molecule has 0 aliphatic carbocycles. The first kappa shape index (κ1) is 23.5. The number of aryl methyl sites for hydroxylation is 1. The molecule has 154 valence electrons. The summed E-state index contributed by atoms with van der Waals surface area (Å²) in [5.74, 6) is -0.955. The Morgan fingerprint density at radius 1 is 0.844 bits per heavy atom. The van der Waals surface area contributed by atoms with E-state index in [1.165, 1.54) is 11.8 Å². The van der Waals surface area contributed by atoms with Gasteiger partial charge in [-0.3, -0.25) is 0 Å². The minimum atomic E-state index is -0.587. The molecule has 1 aromatic heterocycles. The molecule has 32 heavy (non-hydrogen) atoms. The van der Waals surface area contributed by atoms with E-state index < -0.39 is 5.97 Å². The summed E-state index contributed by atoms with van der Waals surface area (Å²) in [6.07, 6.45) is 0. The second-order valence-electron chi connectivity index (χ2n) is 6.99. The average Bonchev–Trinajstić information content (AvgIpc) is 3.12. The van der Waals surface area contributed by atoms with Crippen LogP contribution in [0.1, 0.15) is 22.4 Å². The zero-order valence-electron chi connectivity index (χ0n) is 18.3. The number of methoxy groups -OCH3 is 1. The largest absolute Gasteiger partial charge is 1.00 e. The Morgan fingerprint density at radius 2 is 1.31 bits per heavy atom. The van der Waals surface area contributed by atoms with Crippen molar-refractivity contribution in [3.8, 4) is 11.6 Å². The van der Waals surface area contributed by atoms with Gasteiger partial charge in [-0.15, -0.1) is 0 Å². The van der Waals surface area contributed by atoms with Gasteiger partial charge >= 0.3 is 35.5 Å². The number of nitrogens with zero attached hydrogens (tertiary/aromatic N) is 2. The predicted molar refractivity (Wildman–Crippen MR) is 119 cm³/mol. The summed E-state index contributed by atoms with van der Waals surface area (Å²) >= 11 is 0. The fourth-order valence-electron chi connectivity index (χ4n) is 3.63. The van der Waals surface area contributed by atoms with Crippen LogP contribution in [0.4, 0.5) is 0 Å². The van der Waals surface area contributed by atoms with E-state index in [1.54, 1.807) is 19.1 Å². The third-order valence-electron chi connectivity index (χ3n) is 5.03. The van der Waals surface area contributed by atoms with E-state index in [4.69, 9.17) is 4.74 Å². The van der Waals surface area contributed by atoms with Crippen LogP contribution >= 0.6 is 0 Å². The molecule has 0 N–H and O–H groups in total. The molecule has 0 aliphatic rings. The van der Waals surface area contributed by atoms with Crippen LogP contribution in [0, 0.1) is 6.92 Å². The van der Waals surface area contributed by atoms with Gasteiger partial charge in [0, 0.05) is 11.1 Å². The standard InChI is InChI=1S/C26H22N2O3.Na/c1-18-22(25(29)28(27-18)21-16-10-5-11-17-21)24(26(30)31-2)23(19-12-6-3-7-13-19)20-14-8-4-9-15-20;/h3-17,29H,1-2H3;/q;+1/p-1. The molecule has 0 aliphatic heterocycles. The van der Waals surface area contributed by atoms with Gasteiger partial charge in [0.2, 0.25) is 0 Å². The Morgan fingerprint density at radius 3 is 1.78 bits per heavy atom. The first-order valence-corrected chi connectivity index (χ1v) is 9.87. The normalized spacial score (nSPS) is 10.2. The summed E-state index contributed by atoms with van der Waals surface area (Å²) in [7, 11) is 1.32. The number of carbonyl (C=O) groups excluding carboxylic acids is 1. The van der Waals surface area contributed by atoms with E-state index in [0.717, 1.165) is 11.1 Å². The topological polar surface area (TPSA) is 67.2 Å². The second kappa shape index (κ2) is 10.5. The van der Waals surface area contributed by atoms with Gasteiger partial charge in [-0.05, 0) is 36.1 Å². The Kier molecular flexibility index (Phi) is 7.70. The van der Waals surface area contributed by atoms with Gasteiger partial charge in [0.1, 0.15) is 0 Å². The number of carbonyl (C=O) groups is 1. The number of benzene rings is 3. The first-order valence-electron chi connectivity index (χ1n) is 9.87. The molecule has 0 fully saturated rings. The van der Waals surface area contributed by atoms with Crippen molar-refractivity contribution in [3.63, 3.8) is 0 Å². The van der Waals surface area contributed by atoms with Gasteiger partial charge in [0.25, 0.3) is 0 Å². The predicted octanol–water partition coefficient (Wildman–Crippen LogP) is 1.39. The molecule has 0 bridgehead atoms. The zero-order valence-corrected chi connectivity index (χ0v) is 20.3. The monoisotopic (exact) mass is 432 g/mol. The van der Waals surface area contributed by atoms with Crippen molar-refractivity contribution in [3.05, 3.63) is 113 Å². The molecule has 0 amide bonds. The maximum Gasteiger partial charge on any atom is 1.00 e. The van der Waals surface area contributed by atoms with Crippen LogP contribution in [0.3, 0.4) is 0 Å². The van der Waals surface area contributed by atoms with Gasteiger partial charge in [0.05, 0.1) is 24.1 Å². The minimum absolute atomic E-state index is 0. The van der Waals surface area contributed by atoms with E-state index >= 15 is 0 Å². The number of aromatic nitrogens is 2. The van der Waals surface area contributed by atoms with Crippen LogP contribution in [0.2, 0.25) is 0 Å². The molecule has 1 heterocycles. The van der Waals surface area contributed by atoms with Crippen molar-refractivity contribution in [2.45, 2.75) is 6.92 Å². The fourth-order valence-corrected chi connectivity index (χ4v) is 3.63. The Hall–Kier alpha value is -3.12.